The van der Waals surface area contributed by atoms with Crippen LogP contribution in [0.1, 0.15) is 34.9 Å². The molecule has 7 nitrogen and oxygen atoms in total. The molecule has 8 heteroatoms. The average molecular weight is 348 g/mol. The van der Waals surface area contributed by atoms with Gasteiger partial charge in [-0.2, -0.15) is 0 Å². The number of thiazole rings is 1. The number of amides is 2. The van der Waals surface area contributed by atoms with E-state index in [9.17, 15) is 14.7 Å². The molecule has 1 aromatic carbocycles. The molecule has 2 amide bonds. The van der Waals surface area contributed by atoms with Crippen molar-refractivity contribution in [2.45, 2.75) is 32.9 Å². The van der Waals surface area contributed by atoms with Crippen molar-refractivity contribution in [3.63, 3.8) is 0 Å². The predicted molar refractivity (Wildman–Crippen MR) is 92.5 cm³/mol. The van der Waals surface area contributed by atoms with Crippen LogP contribution < -0.4 is 16.2 Å². The highest BCUT2D eigenvalue weighted by atomic mass is 32.1. The second kappa shape index (κ2) is 7.41. The molecule has 1 heterocycles. The SMILES string of the molecule is Cc1csc(CNc2cccc(C(=O)NNC(=O)C(C)(C)O)c2)n1. The van der Waals surface area contributed by atoms with Gasteiger partial charge in [-0.3, -0.25) is 20.4 Å². The third-order valence-electron chi connectivity index (χ3n) is 3.08. The molecule has 0 aliphatic rings. The number of anilines is 1. The normalized spacial score (nSPS) is 11.0. The number of aryl methyl sites for hydroxylation is 1. The zero-order valence-electron chi connectivity index (χ0n) is 13.7. The van der Waals surface area contributed by atoms with Gasteiger partial charge in [0, 0.05) is 22.3 Å². The number of benzene rings is 1. The van der Waals surface area contributed by atoms with Crippen LogP contribution in [-0.4, -0.2) is 27.5 Å². The monoisotopic (exact) mass is 348 g/mol. The molecule has 2 aromatic rings. The number of hydrogen-bond donors (Lipinski definition) is 4. The Hall–Kier alpha value is -2.45. The fourth-order valence-electron chi connectivity index (χ4n) is 1.77. The number of carbonyl (C=O) groups is 2. The Kier molecular flexibility index (Phi) is 5.53. The summed E-state index contributed by atoms with van der Waals surface area (Å²) >= 11 is 1.57. The van der Waals surface area contributed by atoms with Crippen molar-refractivity contribution in [2.24, 2.45) is 0 Å². The zero-order valence-corrected chi connectivity index (χ0v) is 14.5. The summed E-state index contributed by atoms with van der Waals surface area (Å²) in [5, 5.41) is 15.7. The van der Waals surface area contributed by atoms with Crippen molar-refractivity contribution in [2.75, 3.05) is 5.32 Å². The lowest BCUT2D eigenvalue weighted by molar-refractivity contribution is -0.137. The number of aliphatic hydroxyl groups is 1. The number of aromatic nitrogens is 1. The van der Waals surface area contributed by atoms with Crippen LogP contribution >= 0.6 is 11.3 Å². The third kappa shape index (κ3) is 5.04. The molecule has 0 atom stereocenters. The summed E-state index contributed by atoms with van der Waals surface area (Å²) in [7, 11) is 0. The maximum Gasteiger partial charge on any atom is 0.269 e. The predicted octanol–water partition coefficient (Wildman–Crippen LogP) is 1.60. The number of rotatable bonds is 5. The molecule has 128 valence electrons. The van der Waals surface area contributed by atoms with E-state index in [1.54, 1.807) is 29.5 Å². The van der Waals surface area contributed by atoms with Gasteiger partial charge >= 0.3 is 0 Å². The van der Waals surface area contributed by atoms with Crippen molar-refractivity contribution in [1.82, 2.24) is 15.8 Å². The zero-order chi connectivity index (χ0) is 17.7. The van der Waals surface area contributed by atoms with Crippen LogP contribution in [0.2, 0.25) is 0 Å². The van der Waals surface area contributed by atoms with Crippen molar-refractivity contribution in [3.05, 3.63) is 45.9 Å². The van der Waals surface area contributed by atoms with Crippen molar-refractivity contribution < 1.29 is 14.7 Å². The minimum atomic E-state index is -1.57. The summed E-state index contributed by atoms with van der Waals surface area (Å²) in [5.41, 5.74) is 5.02. The first-order valence-electron chi connectivity index (χ1n) is 7.34. The van der Waals surface area contributed by atoms with Gasteiger partial charge in [0.15, 0.2) is 0 Å². The second-order valence-corrected chi connectivity index (χ2v) is 6.73. The maximum atomic E-state index is 12.1. The van der Waals surface area contributed by atoms with E-state index in [2.05, 4.69) is 21.2 Å². The molecule has 0 aliphatic carbocycles. The minimum Gasteiger partial charge on any atom is -0.381 e. The molecule has 0 unspecified atom stereocenters. The van der Waals surface area contributed by atoms with Crippen molar-refractivity contribution in [3.8, 4) is 0 Å². The van der Waals surface area contributed by atoms with Crippen molar-refractivity contribution >= 4 is 28.8 Å². The molecular weight excluding hydrogens is 328 g/mol. The van der Waals surface area contributed by atoms with Gasteiger partial charge in [0.25, 0.3) is 11.8 Å². The standard InChI is InChI=1S/C16H20N4O3S/c1-10-9-24-13(18-10)8-17-12-6-4-5-11(7-12)14(21)19-20-15(22)16(2,3)23/h4-7,9,17,23H,8H2,1-3H3,(H,19,21)(H,20,22). The largest absolute Gasteiger partial charge is 0.381 e. The first-order valence-corrected chi connectivity index (χ1v) is 8.22. The lowest BCUT2D eigenvalue weighted by atomic mass is 10.1. The molecule has 0 saturated carbocycles. The lowest BCUT2D eigenvalue weighted by Crippen LogP contribution is -2.50. The Bertz CT molecular complexity index is 737. The summed E-state index contributed by atoms with van der Waals surface area (Å²) in [6, 6.07) is 6.88. The van der Waals surface area contributed by atoms with Gasteiger partial charge in [-0.25, -0.2) is 4.98 Å². The number of nitrogens with zero attached hydrogens (tertiary/aromatic N) is 1. The quantitative estimate of drug-likeness (QED) is 0.615. The summed E-state index contributed by atoms with van der Waals surface area (Å²) in [6.07, 6.45) is 0. The van der Waals surface area contributed by atoms with E-state index in [4.69, 9.17) is 0 Å². The van der Waals surface area contributed by atoms with Gasteiger partial charge < -0.3 is 10.4 Å². The van der Waals surface area contributed by atoms with Crippen molar-refractivity contribution in [1.29, 1.82) is 0 Å². The average Bonchev–Trinajstić information content (AvgIpc) is 2.95. The third-order valence-corrected chi connectivity index (χ3v) is 4.05. The molecular formula is C16H20N4O3S. The highest BCUT2D eigenvalue weighted by molar-refractivity contribution is 7.09. The summed E-state index contributed by atoms with van der Waals surface area (Å²) < 4.78 is 0. The Balaban J connectivity index is 1.94. The van der Waals surface area contributed by atoms with E-state index in [1.165, 1.54) is 13.8 Å². The van der Waals surface area contributed by atoms with Gasteiger partial charge in [-0.05, 0) is 39.0 Å². The summed E-state index contributed by atoms with van der Waals surface area (Å²) in [5.74, 6) is -1.16. The molecule has 0 fully saturated rings. The van der Waals surface area contributed by atoms with E-state index in [0.717, 1.165) is 16.4 Å². The van der Waals surface area contributed by atoms with Crippen LogP contribution in [0.15, 0.2) is 29.6 Å². The smallest absolute Gasteiger partial charge is 0.269 e. The van der Waals surface area contributed by atoms with Crippen LogP contribution in [0.5, 0.6) is 0 Å². The van der Waals surface area contributed by atoms with E-state index >= 15 is 0 Å². The molecule has 2 rings (SSSR count). The molecule has 0 aliphatic heterocycles. The topological polar surface area (TPSA) is 103 Å². The van der Waals surface area contributed by atoms with Gasteiger partial charge in [-0.15, -0.1) is 11.3 Å². The number of nitrogens with one attached hydrogen (secondary N) is 3. The molecule has 0 radical (unpaired) electrons. The highest BCUT2D eigenvalue weighted by Crippen LogP contribution is 2.14. The van der Waals surface area contributed by atoms with E-state index in [1.807, 2.05) is 18.4 Å². The minimum absolute atomic E-state index is 0.381. The van der Waals surface area contributed by atoms with Crippen LogP contribution in [0, 0.1) is 6.92 Å². The number of hydrogen-bond acceptors (Lipinski definition) is 6. The van der Waals surface area contributed by atoms with Crippen LogP contribution in [-0.2, 0) is 11.3 Å². The first-order chi connectivity index (χ1) is 11.3. The fraction of sp³-hybridized carbons (Fsp3) is 0.312. The first kappa shape index (κ1) is 17.9. The Morgan fingerprint density at radius 3 is 2.67 bits per heavy atom. The summed E-state index contributed by atoms with van der Waals surface area (Å²) in [4.78, 5) is 28.0. The lowest BCUT2D eigenvalue weighted by Gasteiger charge is -2.17. The van der Waals surface area contributed by atoms with Gasteiger partial charge in [0.2, 0.25) is 0 Å². The molecule has 0 spiro atoms. The van der Waals surface area contributed by atoms with Gasteiger partial charge in [0.05, 0.1) is 6.54 Å². The molecule has 0 bridgehead atoms. The van der Waals surface area contributed by atoms with Gasteiger partial charge in [-0.1, -0.05) is 6.07 Å². The number of hydrazine groups is 1. The number of carbonyl (C=O) groups excluding carboxylic acids is 2. The van der Waals surface area contributed by atoms with Crippen LogP contribution in [0.3, 0.4) is 0 Å². The molecule has 0 saturated heterocycles. The van der Waals surface area contributed by atoms with Crippen LogP contribution in [0.4, 0.5) is 5.69 Å². The fourth-order valence-corrected chi connectivity index (χ4v) is 2.48. The van der Waals surface area contributed by atoms with E-state index < -0.39 is 17.4 Å². The molecule has 24 heavy (non-hydrogen) atoms. The van der Waals surface area contributed by atoms with E-state index in [-0.39, 0.29) is 0 Å². The summed E-state index contributed by atoms with van der Waals surface area (Å²) in [6.45, 7) is 5.17. The maximum absolute atomic E-state index is 12.1. The molecule has 4 N–H and O–H groups in total. The Morgan fingerprint density at radius 1 is 1.29 bits per heavy atom. The second-order valence-electron chi connectivity index (χ2n) is 5.78. The Labute approximate surface area is 144 Å². The van der Waals surface area contributed by atoms with E-state index in [0.29, 0.717) is 12.1 Å². The molecule has 1 aromatic heterocycles. The van der Waals surface area contributed by atoms with Gasteiger partial charge in [0.1, 0.15) is 10.6 Å². The van der Waals surface area contributed by atoms with Crippen LogP contribution in [0.25, 0.3) is 0 Å². The highest BCUT2D eigenvalue weighted by Gasteiger charge is 2.24. The Morgan fingerprint density at radius 2 is 2.04 bits per heavy atom.